The molecule has 0 radical (unpaired) electrons. The number of hydrogen-bond acceptors (Lipinski definition) is 6. The van der Waals surface area contributed by atoms with Crippen LogP contribution < -0.4 is 0 Å². The van der Waals surface area contributed by atoms with Crippen LogP contribution in [0.15, 0.2) is 10.5 Å². The minimum Gasteiger partial charge on any atom is -0.461 e. The normalized spacial score (nSPS) is 15.2. The Hall–Kier alpha value is -2.12. The van der Waals surface area contributed by atoms with E-state index in [0.29, 0.717) is 18.7 Å². The third-order valence-electron chi connectivity index (χ3n) is 5.25. The fourth-order valence-corrected chi connectivity index (χ4v) is 4.07. The predicted molar refractivity (Wildman–Crippen MR) is 115 cm³/mol. The summed E-state index contributed by atoms with van der Waals surface area (Å²) in [5, 5.41) is 6.32. The first-order valence-corrected chi connectivity index (χ1v) is 11.0. The monoisotopic (exact) mass is 423 g/mol. The van der Waals surface area contributed by atoms with Crippen molar-refractivity contribution in [1.82, 2.24) is 9.88 Å². The van der Waals surface area contributed by atoms with Gasteiger partial charge < -0.3 is 9.64 Å². The molecular weight excluding hydrogens is 390 g/mol. The van der Waals surface area contributed by atoms with Crippen molar-refractivity contribution >= 4 is 23.2 Å². The van der Waals surface area contributed by atoms with Gasteiger partial charge in [-0.15, -0.1) is 11.3 Å². The average molecular weight is 424 g/mol. The lowest BCUT2D eigenvalue weighted by atomic mass is 9.91. The van der Waals surface area contributed by atoms with Gasteiger partial charge in [-0.1, -0.05) is 46.2 Å². The third kappa shape index (κ3) is 6.72. The van der Waals surface area contributed by atoms with Gasteiger partial charge in [-0.2, -0.15) is 0 Å². The van der Waals surface area contributed by atoms with Crippen molar-refractivity contribution in [1.29, 1.82) is 0 Å². The number of carbonyl (C=O) groups is 2. The first kappa shape index (κ1) is 24.9. The van der Waals surface area contributed by atoms with E-state index in [1.807, 2.05) is 20.8 Å². The zero-order chi connectivity index (χ0) is 22.1. The van der Waals surface area contributed by atoms with Gasteiger partial charge in [0.05, 0.1) is 11.6 Å². The van der Waals surface area contributed by atoms with E-state index in [2.05, 4.69) is 28.9 Å². The van der Waals surface area contributed by atoms with Gasteiger partial charge in [-0.25, -0.2) is 9.78 Å². The minimum absolute atomic E-state index is 0.0304. The number of likely N-dealkylation sites (N-methyl/N-ethyl adjacent to an activating group) is 1. The highest BCUT2D eigenvalue weighted by atomic mass is 32.1. The largest absolute Gasteiger partial charge is 0.461 e. The molecule has 0 aliphatic carbocycles. The smallest absolute Gasteiger partial charge is 0.357 e. The molecule has 29 heavy (non-hydrogen) atoms. The second kappa shape index (κ2) is 11.8. The van der Waals surface area contributed by atoms with Gasteiger partial charge >= 0.3 is 5.97 Å². The van der Waals surface area contributed by atoms with Gasteiger partial charge in [0.15, 0.2) is 5.69 Å². The number of nitrogens with zero attached hydrogens (tertiary/aromatic N) is 5. The summed E-state index contributed by atoms with van der Waals surface area (Å²) < 4.78 is 5.00. The maximum Gasteiger partial charge on any atom is 0.357 e. The van der Waals surface area contributed by atoms with Crippen molar-refractivity contribution in [2.75, 3.05) is 13.7 Å². The van der Waals surface area contributed by atoms with E-state index >= 15 is 0 Å². The highest BCUT2D eigenvalue weighted by Gasteiger charge is 2.32. The lowest BCUT2D eigenvalue weighted by molar-refractivity contribution is -0.135. The maximum atomic E-state index is 13.0. The molecule has 1 amide bonds. The summed E-state index contributed by atoms with van der Waals surface area (Å²) in [7, 11) is 1.77. The number of hydrogen-bond donors (Lipinski definition) is 0. The Bertz CT molecular complexity index is 729. The summed E-state index contributed by atoms with van der Waals surface area (Å²) in [4.78, 5) is 33.9. The molecule has 1 rings (SSSR count). The summed E-state index contributed by atoms with van der Waals surface area (Å²) in [6, 6.07) is -0.755. The Morgan fingerprint density at radius 2 is 1.97 bits per heavy atom. The van der Waals surface area contributed by atoms with Crippen LogP contribution in [0, 0.1) is 11.8 Å². The highest BCUT2D eigenvalue weighted by molar-refractivity contribution is 7.09. The highest BCUT2D eigenvalue weighted by Crippen LogP contribution is 2.29. The maximum absolute atomic E-state index is 13.0. The molecule has 1 aromatic rings. The predicted octanol–water partition coefficient (Wildman–Crippen LogP) is 5.02. The number of ether oxygens (including phenoxy) is 1. The Balaban J connectivity index is 2.98. The molecule has 0 spiro atoms. The summed E-state index contributed by atoms with van der Waals surface area (Å²) >= 11 is 1.43. The molecule has 8 nitrogen and oxygen atoms in total. The van der Waals surface area contributed by atoms with Gasteiger partial charge in [0.2, 0.25) is 5.91 Å². The molecule has 0 fully saturated rings. The quantitative estimate of drug-likeness (QED) is 0.215. The first-order chi connectivity index (χ1) is 13.7. The Kier molecular flexibility index (Phi) is 10.1. The Labute approximate surface area is 177 Å². The molecule has 0 aliphatic rings. The summed E-state index contributed by atoms with van der Waals surface area (Å²) in [6.45, 7) is 12.1. The molecule has 0 aromatic carbocycles. The SMILES string of the molecule is CCOC(=O)c1csc([C@H](C)C[C@H](C(C)C)N(C)C(=O)[C@@H](N=[N+]=[N-])[C@@H](C)CC)n1. The number of azide groups is 1. The van der Waals surface area contributed by atoms with E-state index in [9.17, 15) is 9.59 Å². The number of aromatic nitrogens is 1. The van der Waals surface area contributed by atoms with E-state index < -0.39 is 12.0 Å². The number of esters is 1. The van der Waals surface area contributed by atoms with Crippen LogP contribution in [0.3, 0.4) is 0 Å². The molecule has 9 heteroatoms. The number of carbonyl (C=O) groups excluding carboxylic acids is 2. The van der Waals surface area contributed by atoms with Gasteiger partial charge in [-0.05, 0) is 30.7 Å². The van der Waals surface area contributed by atoms with Gasteiger partial charge in [0.1, 0.15) is 6.04 Å². The molecule has 162 valence electrons. The first-order valence-electron chi connectivity index (χ1n) is 10.1. The van der Waals surface area contributed by atoms with E-state index in [-0.39, 0.29) is 29.7 Å². The van der Waals surface area contributed by atoms with Crippen LogP contribution >= 0.6 is 11.3 Å². The molecule has 4 atom stereocenters. The van der Waals surface area contributed by atoms with Crippen molar-refractivity contribution in [2.24, 2.45) is 17.0 Å². The average Bonchev–Trinajstić information content (AvgIpc) is 3.19. The van der Waals surface area contributed by atoms with Gasteiger partial charge in [0, 0.05) is 29.3 Å². The standard InChI is InChI=1S/C20H33N5O3S/c1-8-13(5)17(23-24-21)19(26)25(7)16(12(3)4)10-14(6)18-22-15(11-29-18)20(27)28-9-2/h11-14,16-17H,8-10H2,1-7H3/t13-,14+,16+,17-/m0/s1. The summed E-state index contributed by atoms with van der Waals surface area (Å²) in [5.74, 6) is -0.334. The van der Waals surface area contributed by atoms with Crippen molar-refractivity contribution < 1.29 is 14.3 Å². The molecular formula is C20H33N5O3S. The van der Waals surface area contributed by atoms with E-state index in [4.69, 9.17) is 10.3 Å². The molecule has 1 heterocycles. The van der Waals surface area contributed by atoms with Crippen molar-refractivity contribution in [3.05, 3.63) is 26.5 Å². The fourth-order valence-electron chi connectivity index (χ4n) is 3.21. The molecule has 0 saturated carbocycles. The molecule has 0 bridgehead atoms. The van der Waals surface area contributed by atoms with Gasteiger partial charge in [0.25, 0.3) is 0 Å². The number of amides is 1. The molecule has 0 saturated heterocycles. The van der Waals surface area contributed by atoms with Crippen LogP contribution in [0.25, 0.3) is 10.4 Å². The van der Waals surface area contributed by atoms with Crippen LogP contribution in [0.4, 0.5) is 0 Å². The minimum atomic E-state index is -0.707. The number of thiazole rings is 1. The molecule has 1 aromatic heterocycles. The van der Waals surface area contributed by atoms with E-state index in [1.54, 1.807) is 24.3 Å². The third-order valence-corrected chi connectivity index (χ3v) is 6.33. The zero-order valence-electron chi connectivity index (χ0n) is 18.5. The van der Waals surface area contributed by atoms with E-state index in [0.717, 1.165) is 11.4 Å². The topological polar surface area (TPSA) is 108 Å². The second-order valence-electron chi connectivity index (χ2n) is 7.72. The van der Waals surface area contributed by atoms with Crippen LogP contribution in [-0.4, -0.2) is 47.5 Å². The van der Waals surface area contributed by atoms with Crippen LogP contribution in [0.1, 0.15) is 75.8 Å². The van der Waals surface area contributed by atoms with Crippen molar-refractivity contribution in [2.45, 2.75) is 72.4 Å². The summed E-state index contributed by atoms with van der Waals surface area (Å²) in [5.41, 5.74) is 9.21. The lowest BCUT2D eigenvalue weighted by Gasteiger charge is -2.35. The Morgan fingerprint density at radius 3 is 2.48 bits per heavy atom. The fraction of sp³-hybridized carbons (Fsp3) is 0.750. The number of rotatable bonds is 11. The van der Waals surface area contributed by atoms with Crippen molar-refractivity contribution in [3.63, 3.8) is 0 Å². The van der Waals surface area contributed by atoms with E-state index in [1.165, 1.54) is 11.3 Å². The Morgan fingerprint density at radius 1 is 1.31 bits per heavy atom. The molecule has 0 N–H and O–H groups in total. The van der Waals surface area contributed by atoms with Crippen LogP contribution in [-0.2, 0) is 9.53 Å². The zero-order valence-corrected chi connectivity index (χ0v) is 19.3. The lowest BCUT2D eigenvalue weighted by Crippen LogP contribution is -2.46. The van der Waals surface area contributed by atoms with Crippen LogP contribution in [0.5, 0.6) is 0 Å². The van der Waals surface area contributed by atoms with Gasteiger partial charge in [-0.3, -0.25) is 4.79 Å². The second-order valence-corrected chi connectivity index (χ2v) is 8.61. The van der Waals surface area contributed by atoms with Crippen molar-refractivity contribution in [3.8, 4) is 0 Å². The molecule has 0 aliphatic heterocycles. The molecule has 0 unspecified atom stereocenters. The summed E-state index contributed by atoms with van der Waals surface area (Å²) in [6.07, 6.45) is 1.45. The van der Waals surface area contributed by atoms with Crippen LogP contribution in [0.2, 0.25) is 0 Å².